The van der Waals surface area contributed by atoms with E-state index in [9.17, 15) is 9.59 Å². The summed E-state index contributed by atoms with van der Waals surface area (Å²) in [5, 5.41) is 12.1. The number of piperazine rings is 1. The van der Waals surface area contributed by atoms with Crippen LogP contribution in [0.25, 0.3) is 0 Å². The highest BCUT2D eigenvalue weighted by Crippen LogP contribution is 2.39. The van der Waals surface area contributed by atoms with E-state index in [1.165, 1.54) is 7.11 Å². The molecule has 1 aromatic carbocycles. The largest absolute Gasteiger partial charge is 0.467 e. The van der Waals surface area contributed by atoms with Crippen molar-refractivity contribution < 1.29 is 14.3 Å². The molecule has 0 bridgehead atoms. The molecule has 1 N–H and O–H groups in total. The Morgan fingerprint density at radius 3 is 2.70 bits per heavy atom. The highest BCUT2D eigenvalue weighted by Gasteiger charge is 2.55. The van der Waals surface area contributed by atoms with E-state index in [1.807, 2.05) is 12.1 Å². The van der Waals surface area contributed by atoms with Crippen LogP contribution in [0.1, 0.15) is 24.0 Å². The molecular formula is C17H19N3O3. The summed E-state index contributed by atoms with van der Waals surface area (Å²) in [7, 11) is 1.34. The molecule has 1 heterocycles. The molecule has 1 saturated carbocycles. The molecule has 0 aromatic heterocycles. The van der Waals surface area contributed by atoms with Gasteiger partial charge in [-0.1, -0.05) is 12.1 Å². The van der Waals surface area contributed by atoms with E-state index in [1.54, 1.807) is 17.0 Å². The third-order valence-corrected chi connectivity index (χ3v) is 4.60. The predicted octanol–water partition coefficient (Wildman–Crippen LogP) is 0.607. The molecule has 1 saturated heterocycles. The molecule has 6 nitrogen and oxygen atoms in total. The van der Waals surface area contributed by atoms with Gasteiger partial charge >= 0.3 is 5.97 Å². The summed E-state index contributed by atoms with van der Waals surface area (Å²) >= 11 is 0. The number of esters is 1. The normalized spacial score (nSPS) is 20.0. The van der Waals surface area contributed by atoms with Gasteiger partial charge in [0.15, 0.2) is 0 Å². The van der Waals surface area contributed by atoms with Crippen LogP contribution in [0.2, 0.25) is 0 Å². The minimum atomic E-state index is -0.625. The van der Waals surface area contributed by atoms with E-state index in [0.717, 1.165) is 18.4 Å². The Hall–Kier alpha value is -2.39. The van der Waals surface area contributed by atoms with E-state index < -0.39 is 17.6 Å². The minimum absolute atomic E-state index is 0.00667. The second-order valence-corrected chi connectivity index (χ2v) is 6.06. The van der Waals surface area contributed by atoms with E-state index >= 15 is 0 Å². The zero-order valence-corrected chi connectivity index (χ0v) is 13.0. The van der Waals surface area contributed by atoms with Crippen molar-refractivity contribution >= 4 is 11.9 Å². The Morgan fingerprint density at radius 1 is 1.43 bits per heavy atom. The van der Waals surface area contributed by atoms with Crippen LogP contribution >= 0.6 is 0 Å². The molecule has 2 fully saturated rings. The summed E-state index contributed by atoms with van der Waals surface area (Å²) in [6.07, 6.45) is 2.04. The lowest BCUT2D eigenvalue weighted by Gasteiger charge is -2.37. The van der Waals surface area contributed by atoms with Crippen LogP contribution in [-0.4, -0.2) is 48.6 Å². The first-order chi connectivity index (χ1) is 11.1. The van der Waals surface area contributed by atoms with Crippen molar-refractivity contribution in [2.75, 3.05) is 20.2 Å². The number of rotatable bonds is 4. The van der Waals surface area contributed by atoms with Gasteiger partial charge in [0.1, 0.15) is 6.04 Å². The first-order valence-electron chi connectivity index (χ1n) is 7.72. The summed E-state index contributed by atoms with van der Waals surface area (Å²) in [6, 6.07) is 8.50. The summed E-state index contributed by atoms with van der Waals surface area (Å²) in [5.74, 6) is -0.409. The molecule has 0 unspecified atom stereocenters. The average molecular weight is 313 g/mol. The minimum Gasteiger partial charge on any atom is -0.467 e. The monoisotopic (exact) mass is 313 g/mol. The number of nitrogens with one attached hydrogen (secondary N) is 1. The molecule has 1 amide bonds. The van der Waals surface area contributed by atoms with Crippen molar-refractivity contribution in [3.05, 3.63) is 35.4 Å². The predicted molar refractivity (Wildman–Crippen MR) is 82.3 cm³/mol. The fraction of sp³-hybridized carbons (Fsp3) is 0.471. The van der Waals surface area contributed by atoms with Crippen LogP contribution in [0.15, 0.2) is 24.3 Å². The number of nitriles is 1. The van der Waals surface area contributed by atoms with Gasteiger partial charge in [0.25, 0.3) is 0 Å². The van der Waals surface area contributed by atoms with Gasteiger partial charge in [0, 0.05) is 19.5 Å². The van der Waals surface area contributed by atoms with Gasteiger partial charge in [0.2, 0.25) is 5.91 Å². The third kappa shape index (κ3) is 2.92. The molecule has 1 atom stereocenters. The van der Waals surface area contributed by atoms with E-state index in [-0.39, 0.29) is 5.91 Å². The van der Waals surface area contributed by atoms with Crippen LogP contribution in [0.4, 0.5) is 0 Å². The van der Waals surface area contributed by atoms with E-state index in [2.05, 4.69) is 11.4 Å². The van der Waals surface area contributed by atoms with Crippen molar-refractivity contribution in [2.45, 2.75) is 30.8 Å². The summed E-state index contributed by atoms with van der Waals surface area (Å²) in [6.45, 7) is 1.18. The Labute approximate surface area is 135 Å². The van der Waals surface area contributed by atoms with Crippen molar-refractivity contribution in [3.63, 3.8) is 0 Å². The van der Waals surface area contributed by atoms with Gasteiger partial charge in [0.05, 0.1) is 24.3 Å². The maximum atomic E-state index is 12.7. The Bertz CT molecular complexity index is 659. The van der Waals surface area contributed by atoms with Gasteiger partial charge in [-0.2, -0.15) is 5.26 Å². The number of benzene rings is 1. The summed E-state index contributed by atoms with van der Waals surface area (Å²) in [5.41, 5.74) is 1.02. The molecule has 1 spiro atoms. The SMILES string of the molecule is COC(=O)[C@H](Cc1ccc(C#N)cc1)N1CCNC2(CC2)C1=O. The fourth-order valence-corrected chi connectivity index (χ4v) is 3.08. The lowest BCUT2D eigenvalue weighted by molar-refractivity contribution is -0.155. The van der Waals surface area contributed by atoms with Crippen molar-refractivity contribution in [1.82, 2.24) is 10.2 Å². The Kier molecular flexibility index (Phi) is 4.05. The maximum absolute atomic E-state index is 12.7. The van der Waals surface area contributed by atoms with E-state index in [4.69, 9.17) is 10.00 Å². The molecule has 1 aliphatic heterocycles. The number of methoxy groups -OCH3 is 1. The molecule has 1 aromatic rings. The second-order valence-electron chi connectivity index (χ2n) is 6.06. The molecule has 3 rings (SSSR count). The van der Waals surface area contributed by atoms with Crippen LogP contribution in [0, 0.1) is 11.3 Å². The second kappa shape index (κ2) is 6.01. The summed E-state index contributed by atoms with van der Waals surface area (Å²) < 4.78 is 4.91. The zero-order valence-electron chi connectivity index (χ0n) is 13.0. The van der Waals surface area contributed by atoms with E-state index in [0.29, 0.717) is 25.1 Å². The number of amides is 1. The molecule has 1 aliphatic carbocycles. The molecular weight excluding hydrogens is 294 g/mol. The number of carbonyl (C=O) groups excluding carboxylic acids is 2. The number of carbonyl (C=O) groups is 2. The van der Waals surface area contributed by atoms with Gasteiger partial charge < -0.3 is 15.0 Å². The standard InChI is InChI=1S/C17H19N3O3/c1-23-15(21)14(10-12-2-4-13(11-18)5-3-12)20-9-8-19-17(6-7-17)16(20)22/h2-5,14,19H,6-10H2,1H3/t14-/m0/s1. The molecule has 0 radical (unpaired) electrons. The Balaban J connectivity index is 1.81. The molecule has 6 heteroatoms. The van der Waals surface area contributed by atoms with Gasteiger partial charge in [-0.15, -0.1) is 0 Å². The molecule has 23 heavy (non-hydrogen) atoms. The lowest BCUT2D eigenvalue weighted by atomic mass is 10.0. The first kappa shape index (κ1) is 15.5. The summed E-state index contributed by atoms with van der Waals surface area (Å²) in [4.78, 5) is 26.5. The number of ether oxygens (including phenoxy) is 1. The maximum Gasteiger partial charge on any atom is 0.328 e. The molecule has 120 valence electrons. The average Bonchev–Trinajstić information content (AvgIpc) is 3.36. The van der Waals surface area contributed by atoms with Crippen molar-refractivity contribution in [3.8, 4) is 6.07 Å². The zero-order chi connectivity index (χ0) is 16.4. The fourth-order valence-electron chi connectivity index (χ4n) is 3.08. The number of hydrogen-bond donors (Lipinski definition) is 1. The highest BCUT2D eigenvalue weighted by atomic mass is 16.5. The first-order valence-corrected chi connectivity index (χ1v) is 7.72. The van der Waals surface area contributed by atoms with Gasteiger partial charge in [-0.3, -0.25) is 4.79 Å². The topological polar surface area (TPSA) is 82.4 Å². The van der Waals surface area contributed by atoms with Gasteiger partial charge in [-0.25, -0.2) is 4.79 Å². The quantitative estimate of drug-likeness (QED) is 0.824. The highest BCUT2D eigenvalue weighted by molar-refractivity contribution is 5.93. The van der Waals surface area contributed by atoms with Crippen LogP contribution in [0.5, 0.6) is 0 Å². The van der Waals surface area contributed by atoms with Gasteiger partial charge in [-0.05, 0) is 30.5 Å². The van der Waals surface area contributed by atoms with Crippen LogP contribution in [0.3, 0.4) is 0 Å². The number of hydrogen-bond acceptors (Lipinski definition) is 5. The molecule has 2 aliphatic rings. The third-order valence-electron chi connectivity index (χ3n) is 4.60. The number of nitrogens with zero attached hydrogens (tertiary/aromatic N) is 2. The van der Waals surface area contributed by atoms with Crippen LogP contribution < -0.4 is 5.32 Å². The lowest BCUT2D eigenvalue weighted by Crippen LogP contribution is -2.61. The van der Waals surface area contributed by atoms with Crippen molar-refractivity contribution in [2.24, 2.45) is 0 Å². The smallest absolute Gasteiger partial charge is 0.328 e. The Morgan fingerprint density at radius 2 is 2.13 bits per heavy atom. The van der Waals surface area contributed by atoms with Crippen molar-refractivity contribution in [1.29, 1.82) is 5.26 Å². The van der Waals surface area contributed by atoms with Crippen LogP contribution in [-0.2, 0) is 20.7 Å².